The van der Waals surface area contributed by atoms with Gasteiger partial charge in [-0.05, 0) is 25.1 Å². The Bertz CT molecular complexity index is 670. The molecule has 0 aromatic heterocycles. The summed E-state index contributed by atoms with van der Waals surface area (Å²) in [6.45, 7) is 1.56. The van der Waals surface area contributed by atoms with Gasteiger partial charge in [-0.2, -0.15) is 0 Å². The van der Waals surface area contributed by atoms with Crippen LogP contribution in [-0.4, -0.2) is 31.1 Å². The zero-order chi connectivity index (χ0) is 15.2. The van der Waals surface area contributed by atoms with Crippen LogP contribution in [-0.2, 0) is 10.1 Å². The number of hydrogen-bond donors (Lipinski definition) is 0. The summed E-state index contributed by atoms with van der Waals surface area (Å²) in [7, 11) is -3.10. The molecule has 0 bridgehead atoms. The zero-order valence-corrected chi connectivity index (χ0v) is 13.6. The van der Waals surface area contributed by atoms with E-state index < -0.39 is 16.2 Å². The third kappa shape index (κ3) is 2.71. The highest BCUT2D eigenvalue weighted by Crippen LogP contribution is 2.38. The monoisotopic (exact) mass is 355 g/mol. The van der Waals surface area contributed by atoms with Crippen molar-refractivity contribution >= 4 is 50.6 Å². The molecule has 0 fully saturated rings. The van der Waals surface area contributed by atoms with Crippen molar-refractivity contribution in [3.63, 3.8) is 0 Å². The number of hydrazine groups is 1. The van der Waals surface area contributed by atoms with Gasteiger partial charge in [0.1, 0.15) is 15.3 Å². The summed E-state index contributed by atoms with van der Waals surface area (Å²) >= 11 is 17.8. The smallest absolute Gasteiger partial charge is 0.139 e. The maximum atomic E-state index is 11.3. The van der Waals surface area contributed by atoms with Crippen molar-refractivity contribution in [2.45, 2.75) is 13.0 Å². The summed E-state index contributed by atoms with van der Waals surface area (Å²) in [4.78, 5) is -0.377. The maximum absolute atomic E-state index is 11.3. The van der Waals surface area contributed by atoms with Crippen molar-refractivity contribution in [2.75, 3.05) is 12.1 Å². The summed E-state index contributed by atoms with van der Waals surface area (Å²) in [6, 6.07) is 4.01. The van der Waals surface area contributed by atoms with Gasteiger partial charge in [-0.1, -0.05) is 34.8 Å². The van der Waals surface area contributed by atoms with Crippen LogP contribution in [0.3, 0.4) is 0 Å². The first-order chi connectivity index (χ1) is 9.12. The standard InChI is InChI=1S/C11H11Cl3N2O3S/c1-6-10(20(17,18)19)11(14)15(2)16(6)9-4-7(12)3-8(13)5-9/h3-6H,1-2H3,(H,17,18,19)/p-1. The van der Waals surface area contributed by atoms with Gasteiger partial charge in [0, 0.05) is 17.1 Å². The number of hydrogen-bond acceptors (Lipinski definition) is 5. The van der Waals surface area contributed by atoms with Crippen molar-refractivity contribution in [2.24, 2.45) is 0 Å². The number of benzene rings is 1. The van der Waals surface area contributed by atoms with E-state index in [9.17, 15) is 13.0 Å². The molecule has 1 unspecified atom stereocenters. The molecule has 2 rings (SSSR count). The van der Waals surface area contributed by atoms with E-state index >= 15 is 0 Å². The van der Waals surface area contributed by atoms with Crippen LogP contribution in [0.4, 0.5) is 5.69 Å². The lowest BCUT2D eigenvalue weighted by Crippen LogP contribution is -2.39. The highest BCUT2D eigenvalue weighted by molar-refractivity contribution is 7.89. The molecule has 9 heteroatoms. The van der Waals surface area contributed by atoms with Crippen LogP contribution in [0.2, 0.25) is 10.0 Å². The van der Waals surface area contributed by atoms with E-state index in [0.29, 0.717) is 15.7 Å². The lowest BCUT2D eigenvalue weighted by atomic mass is 10.2. The second-order valence-corrected chi connectivity index (χ2v) is 6.86. The molecule has 20 heavy (non-hydrogen) atoms. The highest BCUT2D eigenvalue weighted by Gasteiger charge is 2.37. The minimum Gasteiger partial charge on any atom is -0.744 e. The van der Waals surface area contributed by atoms with Crippen LogP contribution in [0.15, 0.2) is 28.3 Å². The third-order valence-electron chi connectivity index (χ3n) is 2.94. The Morgan fingerprint density at radius 1 is 1.15 bits per heavy atom. The Morgan fingerprint density at radius 3 is 2.05 bits per heavy atom. The molecular weight excluding hydrogens is 347 g/mol. The Morgan fingerprint density at radius 2 is 1.65 bits per heavy atom. The van der Waals surface area contributed by atoms with E-state index in [4.69, 9.17) is 34.8 Å². The van der Waals surface area contributed by atoms with Crippen molar-refractivity contribution in [1.29, 1.82) is 0 Å². The molecule has 1 aliphatic heterocycles. The van der Waals surface area contributed by atoms with Gasteiger partial charge in [-0.3, -0.25) is 10.0 Å². The van der Waals surface area contributed by atoms with E-state index in [1.165, 1.54) is 10.0 Å². The summed E-state index contributed by atoms with van der Waals surface area (Å²) in [5.41, 5.74) is 0.536. The van der Waals surface area contributed by atoms with Gasteiger partial charge in [-0.25, -0.2) is 8.42 Å². The van der Waals surface area contributed by atoms with E-state index in [1.807, 2.05) is 0 Å². The van der Waals surface area contributed by atoms with Crippen molar-refractivity contribution < 1.29 is 13.0 Å². The molecule has 1 aromatic carbocycles. The predicted octanol–water partition coefficient (Wildman–Crippen LogP) is 3.00. The molecule has 0 N–H and O–H groups in total. The van der Waals surface area contributed by atoms with Gasteiger partial charge < -0.3 is 4.55 Å². The second kappa shape index (κ2) is 5.27. The number of nitrogens with zero attached hydrogens (tertiary/aromatic N) is 2. The van der Waals surface area contributed by atoms with E-state index in [0.717, 1.165) is 0 Å². The van der Waals surface area contributed by atoms with Crippen LogP contribution in [0.25, 0.3) is 0 Å². The molecule has 0 radical (unpaired) electrons. The number of anilines is 1. The first-order valence-corrected chi connectivity index (χ1v) is 8.01. The average molecular weight is 357 g/mol. The first-order valence-electron chi connectivity index (χ1n) is 5.47. The lowest BCUT2D eigenvalue weighted by molar-refractivity contribution is 0.414. The van der Waals surface area contributed by atoms with Crippen LogP contribution in [0.5, 0.6) is 0 Å². The first kappa shape index (κ1) is 15.7. The molecule has 0 saturated carbocycles. The summed E-state index contributed by atoms with van der Waals surface area (Å²) in [5, 5.41) is 3.55. The van der Waals surface area contributed by atoms with Gasteiger partial charge in [0.25, 0.3) is 0 Å². The summed E-state index contributed by atoms with van der Waals surface area (Å²) < 4.78 is 33.9. The minimum atomic E-state index is -4.65. The SMILES string of the molecule is CC1C(S(=O)(=O)[O-])=C(Cl)N(C)N1c1cc(Cl)cc(Cl)c1. The molecule has 1 aromatic rings. The van der Waals surface area contributed by atoms with Crippen LogP contribution < -0.4 is 5.01 Å². The fourth-order valence-corrected chi connectivity index (χ4v) is 4.07. The highest BCUT2D eigenvalue weighted by atomic mass is 35.5. The lowest BCUT2D eigenvalue weighted by Gasteiger charge is -2.32. The molecule has 1 atom stereocenters. The molecule has 0 spiro atoms. The van der Waals surface area contributed by atoms with Gasteiger partial charge in [0.05, 0.1) is 16.6 Å². The van der Waals surface area contributed by atoms with E-state index in [-0.39, 0.29) is 10.1 Å². The average Bonchev–Trinajstić information content (AvgIpc) is 2.47. The van der Waals surface area contributed by atoms with Crippen LogP contribution >= 0.6 is 34.8 Å². The Labute approximate surface area is 132 Å². The predicted molar refractivity (Wildman–Crippen MR) is 78.7 cm³/mol. The molecular formula is C11H10Cl3N2O3S-. The van der Waals surface area contributed by atoms with Crippen molar-refractivity contribution in [1.82, 2.24) is 5.01 Å². The fourth-order valence-electron chi connectivity index (χ4n) is 2.18. The van der Waals surface area contributed by atoms with Gasteiger partial charge in [-0.15, -0.1) is 0 Å². The quantitative estimate of drug-likeness (QED) is 0.602. The number of halogens is 3. The molecule has 1 aliphatic rings. The normalized spacial score (nSPS) is 20.0. The van der Waals surface area contributed by atoms with Crippen LogP contribution in [0, 0.1) is 0 Å². The van der Waals surface area contributed by atoms with E-state index in [1.54, 1.807) is 32.2 Å². The van der Waals surface area contributed by atoms with Crippen molar-refractivity contribution in [3.05, 3.63) is 38.3 Å². The Kier molecular flexibility index (Phi) is 4.15. The summed E-state index contributed by atoms with van der Waals surface area (Å²) in [5.74, 6) is 0. The Balaban J connectivity index is 2.52. The molecule has 0 saturated heterocycles. The fraction of sp³-hybridized carbons (Fsp3) is 0.273. The third-order valence-corrected chi connectivity index (χ3v) is 5.01. The second-order valence-electron chi connectivity index (χ2n) is 4.28. The van der Waals surface area contributed by atoms with Gasteiger partial charge in [0.15, 0.2) is 0 Å². The minimum absolute atomic E-state index is 0.136. The largest absolute Gasteiger partial charge is 0.744 e. The molecule has 0 aliphatic carbocycles. The summed E-state index contributed by atoms with van der Waals surface area (Å²) in [6.07, 6.45) is 0. The Hall–Kier alpha value is -0.660. The molecule has 5 nitrogen and oxygen atoms in total. The maximum Gasteiger partial charge on any atom is 0.139 e. The van der Waals surface area contributed by atoms with Crippen molar-refractivity contribution in [3.8, 4) is 0 Å². The number of rotatable bonds is 2. The van der Waals surface area contributed by atoms with Crippen LogP contribution in [0.1, 0.15) is 6.92 Å². The zero-order valence-electron chi connectivity index (χ0n) is 10.5. The topological polar surface area (TPSA) is 63.7 Å². The molecule has 110 valence electrons. The van der Waals surface area contributed by atoms with Gasteiger partial charge >= 0.3 is 0 Å². The molecule has 0 amide bonds. The van der Waals surface area contributed by atoms with E-state index in [2.05, 4.69) is 0 Å². The molecule has 1 heterocycles. The van der Waals surface area contributed by atoms with Gasteiger partial charge in [0.2, 0.25) is 0 Å².